The van der Waals surface area contributed by atoms with Crippen molar-refractivity contribution in [1.29, 1.82) is 0 Å². The summed E-state index contributed by atoms with van der Waals surface area (Å²) >= 11 is 1.18. The summed E-state index contributed by atoms with van der Waals surface area (Å²) < 4.78 is 5.01. The number of nitrogens with two attached hydrogens (primary N) is 1. The van der Waals surface area contributed by atoms with Gasteiger partial charge in [0, 0.05) is 19.3 Å². The van der Waals surface area contributed by atoms with Crippen LogP contribution in [0.2, 0.25) is 0 Å². The van der Waals surface area contributed by atoms with Crippen LogP contribution in [0.25, 0.3) is 0 Å². The number of thioether (sulfide) groups is 1. The number of carbonyl (C=O) groups excluding carboxylic acids is 1. The Kier molecular flexibility index (Phi) is 3.72. The highest BCUT2D eigenvalue weighted by atomic mass is 32.2. The highest BCUT2D eigenvalue weighted by Gasteiger charge is 2.10. The summed E-state index contributed by atoms with van der Waals surface area (Å²) in [6.07, 6.45) is 3.00. The van der Waals surface area contributed by atoms with Crippen LogP contribution >= 0.6 is 11.8 Å². The Labute approximate surface area is 106 Å². The van der Waals surface area contributed by atoms with Crippen LogP contribution in [-0.4, -0.2) is 31.8 Å². The molecule has 0 saturated carbocycles. The third-order valence-electron chi connectivity index (χ3n) is 1.80. The van der Waals surface area contributed by atoms with Crippen LogP contribution in [-0.2, 0) is 4.79 Å². The maximum atomic E-state index is 11.6. The predicted molar refractivity (Wildman–Crippen MR) is 64.8 cm³/mol. The molecule has 2 rings (SSSR count). The van der Waals surface area contributed by atoms with Crippen LogP contribution in [0.1, 0.15) is 5.89 Å². The molecule has 0 atom stereocenters. The second-order valence-electron chi connectivity index (χ2n) is 3.21. The van der Waals surface area contributed by atoms with Gasteiger partial charge in [0.05, 0.1) is 5.75 Å². The minimum Gasteiger partial charge on any atom is -0.408 e. The molecule has 0 aliphatic rings. The van der Waals surface area contributed by atoms with Gasteiger partial charge in [-0.2, -0.15) is 0 Å². The van der Waals surface area contributed by atoms with E-state index in [1.54, 1.807) is 6.92 Å². The Hall–Kier alpha value is -2.16. The minimum atomic E-state index is -0.284. The molecule has 0 bridgehead atoms. The van der Waals surface area contributed by atoms with Crippen molar-refractivity contribution < 1.29 is 9.21 Å². The van der Waals surface area contributed by atoms with Gasteiger partial charge >= 0.3 is 6.01 Å². The fourth-order valence-corrected chi connectivity index (χ4v) is 1.76. The number of amides is 1. The Morgan fingerprint density at radius 2 is 2.22 bits per heavy atom. The van der Waals surface area contributed by atoms with Gasteiger partial charge in [0.25, 0.3) is 0 Å². The van der Waals surface area contributed by atoms with Crippen molar-refractivity contribution in [2.24, 2.45) is 0 Å². The number of hydrogen-bond donors (Lipinski definition) is 2. The molecule has 18 heavy (non-hydrogen) atoms. The monoisotopic (exact) mass is 266 g/mol. The number of nitrogens with zero attached hydrogens (tertiary/aromatic N) is 4. The normalized spacial score (nSPS) is 10.3. The molecule has 0 saturated heterocycles. The van der Waals surface area contributed by atoms with Crippen LogP contribution in [0, 0.1) is 6.92 Å². The van der Waals surface area contributed by atoms with Crippen molar-refractivity contribution in [1.82, 2.24) is 20.2 Å². The molecule has 0 aliphatic carbocycles. The van der Waals surface area contributed by atoms with Crippen LogP contribution in [0.5, 0.6) is 0 Å². The topological polar surface area (TPSA) is 120 Å². The number of nitrogen functional groups attached to an aromatic ring is 1. The molecule has 2 aromatic heterocycles. The number of carbonyl (C=O) groups is 1. The quantitative estimate of drug-likeness (QED) is 0.767. The van der Waals surface area contributed by atoms with Gasteiger partial charge in [0.15, 0.2) is 5.82 Å². The van der Waals surface area contributed by atoms with E-state index in [2.05, 4.69) is 25.5 Å². The van der Waals surface area contributed by atoms with E-state index < -0.39 is 0 Å². The van der Waals surface area contributed by atoms with Crippen LogP contribution in [0.4, 0.5) is 11.8 Å². The second kappa shape index (κ2) is 5.45. The van der Waals surface area contributed by atoms with Gasteiger partial charge in [-0.3, -0.25) is 10.1 Å². The third-order valence-corrected chi connectivity index (χ3v) is 2.80. The predicted octanol–water partition coefficient (Wildman–Crippen LogP) is 0.481. The molecule has 8 nitrogen and oxygen atoms in total. The highest BCUT2D eigenvalue weighted by molar-refractivity contribution is 8.00. The number of hydrogen-bond acceptors (Lipinski definition) is 8. The van der Waals surface area contributed by atoms with E-state index in [9.17, 15) is 4.79 Å². The zero-order chi connectivity index (χ0) is 13.0. The molecule has 94 valence electrons. The van der Waals surface area contributed by atoms with Gasteiger partial charge in [-0.05, 0) is 0 Å². The zero-order valence-electron chi connectivity index (χ0n) is 9.45. The van der Waals surface area contributed by atoms with Crippen molar-refractivity contribution in [2.75, 3.05) is 16.8 Å². The summed E-state index contributed by atoms with van der Waals surface area (Å²) in [6, 6.07) is 0.0743. The van der Waals surface area contributed by atoms with Crippen LogP contribution in [0.3, 0.4) is 0 Å². The van der Waals surface area contributed by atoms with Crippen LogP contribution < -0.4 is 11.1 Å². The van der Waals surface area contributed by atoms with Crippen LogP contribution in [0.15, 0.2) is 21.8 Å². The first kappa shape index (κ1) is 12.3. The largest absolute Gasteiger partial charge is 0.408 e. The summed E-state index contributed by atoms with van der Waals surface area (Å²) in [5.74, 6) is 0.526. The molecular weight excluding hydrogens is 256 g/mol. The molecule has 1 amide bonds. The lowest BCUT2D eigenvalue weighted by Crippen LogP contribution is -2.14. The summed E-state index contributed by atoms with van der Waals surface area (Å²) in [4.78, 5) is 19.4. The molecule has 0 fully saturated rings. The number of rotatable bonds is 4. The molecule has 0 aromatic carbocycles. The smallest absolute Gasteiger partial charge is 0.322 e. The zero-order valence-corrected chi connectivity index (χ0v) is 10.3. The maximum Gasteiger partial charge on any atom is 0.322 e. The Morgan fingerprint density at radius 3 is 2.89 bits per heavy atom. The van der Waals surface area contributed by atoms with E-state index in [1.807, 2.05) is 0 Å². The Balaban J connectivity index is 1.87. The molecule has 2 aromatic rings. The summed E-state index contributed by atoms with van der Waals surface area (Å²) in [5, 5.41) is 10.2. The van der Waals surface area contributed by atoms with Gasteiger partial charge < -0.3 is 10.2 Å². The van der Waals surface area contributed by atoms with Crippen molar-refractivity contribution in [3.05, 3.63) is 18.3 Å². The average Bonchev–Trinajstić information content (AvgIpc) is 2.74. The lowest BCUT2D eigenvalue weighted by atomic mass is 10.7. The van der Waals surface area contributed by atoms with E-state index in [4.69, 9.17) is 10.2 Å². The fraction of sp³-hybridized carbons (Fsp3) is 0.222. The first-order chi connectivity index (χ1) is 8.65. The van der Waals surface area contributed by atoms with Gasteiger partial charge in [-0.25, -0.2) is 9.97 Å². The number of nitrogens with one attached hydrogen (secondary N) is 1. The van der Waals surface area contributed by atoms with Gasteiger partial charge in [-0.1, -0.05) is 16.9 Å². The summed E-state index contributed by atoms with van der Waals surface area (Å²) in [5.41, 5.74) is 5.60. The van der Waals surface area contributed by atoms with E-state index in [0.29, 0.717) is 16.7 Å². The number of anilines is 2. The standard InChI is InChI=1S/C9H10N6O2S/c1-5-14-15-9(17-5)13-6(16)4-18-8-7(10)11-2-3-12-8/h2-3H,4H2,1H3,(H2,10,11)(H,13,15,16). The SMILES string of the molecule is Cc1nnc(NC(=O)CSc2nccnc2N)o1. The maximum absolute atomic E-state index is 11.6. The Bertz CT molecular complexity index is 557. The van der Waals surface area contributed by atoms with Crippen molar-refractivity contribution in [3.63, 3.8) is 0 Å². The molecule has 9 heteroatoms. The molecule has 0 radical (unpaired) electrons. The van der Waals surface area contributed by atoms with E-state index in [-0.39, 0.29) is 17.7 Å². The van der Waals surface area contributed by atoms with Gasteiger partial charge in [0.1, 0.15) is 5.03 Å². The lowest BCUT2D eigenvalue weighted by molar-refractivity contribution is -0.113. The van der Waals surface area contributed by atoms with Crippen molar-refractivity contribution >= 4 is 29.5 Å². The minimum absolute atomic E-state index is 0.0743. The van der Waals surface area contributed by atoms with E-state index in [1.165, 1.54) is 24.2 Å². The molecule has 0 unspecified atom stereocenters. The van der Waals surface area contributed by atoms with Gasteiger partial charge in [-0.15, -0.1) is 5.10 Å². The third kappa shape index (κ3) is 3.17. The molecule has 2 heterocycles. The second-order valence-corrected chi connectivity index (χ2v) is 4.17. The average molecular weight is 266 g/mol. The first-order valence-corrected chi connectivity index (χ1v) is 5.93. The highest BCUT2D eigenvalue weighted by Crippen LogP contribution is 2.19. The fourth-order valence-electron chi connectivity index (χ4n) is 1.08. The van der Waals surface area contributed by atoms with E-state index >= 15 is 0 Å². The molecule has 0 spiro atoms. The Morgan fingerprint density at radius 1 is 1.44 bits per heavy atom. The number of aromatic nitrogens is 4. The summed E-state index contributed by atoms with van der Waals surface area (Å²) in [7, 11) is 0. The first-order valence-electron chi connectivity index (χ1n) is 4.94. The summed E-state index contributed by atoms with van der Waals surface area (Å²) in [6.45, 7) is 1.64. The molecule has 3 N–H and O–H groups in total. The van der Waals surface area contributed by atoms with Crippen molar-refractivity contribution in [3.8, 4) is 0 Å². The van der Waals surface area contributed by atoms with E-state index in [0.717, 1.165) is 0 Å². The number of aryl methyl sites for hydroxylation is 1. The molecule has 0 aliphatic heterocycles. The molecular formula is C9H10N6O2S. The lowest BCUT2D eigenvalue weighted by Gasteiger charge is -2.02. The van der Waals surface area contributed by atoms with Crippen molar-refractivity contribution in [2.45, 2.75) is 11.9 Å². The van der Waals surface area contributed by atoms with Gasteiger partial charge in [0.2, 0.25) is 11.8 Å².